The predicted molar refractivity (Wildman–Crippen MR) is 81.4 cm³/mol. The molecule has 0 spiro atoms. The number of fused-ring (bicyclic) bond motifs is 1. The highest BCUT2D eigenvalue weighted by atomic mass is 79.9. The normalized spacial score (nSPS) is 29.3. The lowest BCUT2D eigenvalue weighted by Crippen LogP contribution is -2.41. The van der Waals surface area contributed by atoms with Crippen molar-refractivity contribution in [3.63, 3.8) is 0 Å². The fraction of sp³-hybridized carbons (Fsp3) is 0.562. The van der Waals surface area contributed by atoms with Crippen molar-refractivity contribution in [1.29, 1.82) is 0 Å². The Kier molecular flexibility index (Phi) is 4.31. The Morgan fingerprint density at radius 2 is 2.14 bits per heavy atom. The molecule has 1 aliphatic carbocycles. The van der Waals surface area contributed by atoms with Gasteiger partial charge in [0.2, 0.25) is 0 Å². The molecule has 1 N–H and O–H groups in total. The number of rotatable bonds is 3. The van der Waals surface area contributed by atoms with Crippen LogP contribution in [-0.2, 0) is 11.3 Å². The number of hydrogen-bond donors (Lipinski definition) is 1. The molecule has 2 fully saturated rings. The summed E-state index contributed by atoms with van der Waals surface area (Å²) < 4.78 is 14.3. The van der Waals surface area contributed by atoms with E-state index in [9.17, 15) is 14.3 Å². The highest BCUT2D eigenvalue weighted by Crippen LogP contribution is 2.41. The van der Waals surface area contributed by atoms with Crippen LogP contribution in [0.2, 0.25) is 0 Å². The van der Waals surface area contributed by atoms with Crippen LogP contribution in [0.4, 0.5) is 4.39 Å². The van der Waals surface area contributed by atoms with Crippen LogP contribution >= 0.6 is 15.9 Å². The van der Waals surface area contributed by atoms with Crippen molar-refractivity contribution in [3.8, 4) is 0 Å². The fourth-order valence-electron chi connectivity index (χ4n) is 3.88. The summed E-state index contributed by atoms with van der Waals surface area (Å²) in [5.41, 5.74) is 0.826. The predicted octanol–water partition coefficient (Wildman–Crippen LogP) is 3.81. The number of halogens is 2. The maximum absolute atomic E-state index is 13.5. The first kappa shape index (κ1) is 15.0. The van der Waals surface area contributed by atoms with Crippen LogP contribution in [0.5, 0.6) is 0 Å². The number of aliphatic carboxylic acids is 1. The van der Waals surface area contributed by atoms with Crippen molar-refractivity contribution in [2.24, 2.45) is 5.92 Å². The molecule has 0 unspecified atom stereocenters. The Hall–Kier alpha value is -0.940. The minimum absolute atomic E-state index is 0.278. The summed E-state index contributed by atoms with van der Waals surface area (Å²) in [6.45, 7) is 0.497. The second-order valence-corrected chi connectivity index (χ2v) is 6.96. The topological polar surface area (TPSA) is 40.5 Å². The minimum atomic E-state index is -0.753. The lowest BCUT2D eigenvalue weighted by molar-refractivity contribution is -0.142. The Morgan fingerprint density at radius 1 is 1.38 bits per heavy atom. The maximum atomic E-state index is 13.5. The van der Waals surface area contributed by atoms with Crippen LogP contribution in [0.15, 0.2) is 22.7 Å². The fourth-order valence-corrected chi connectivity index (χ4v) is 4.26. The number of likely N-dealkylation sites (tertiary alicyclic amines) is 1. The number of carbonyl (C=O) groups is 1. The van der Waals surface area contributed by atoms with Crippen molar-refractivity contribution in [2.45, 2.75) is 50.7 Å². The van der Waals surface area contributed by atoms with Crippen LogP contribution in [0, 0.1) is 11.7 Å². The Labute approximate surface area is 132 Å². The van der Waals surface area contributed by atoms with Gasteiger partial charge in [0.05, 0.1) is 0 Å². The van der Waals surface area contributed by atoms with E-state index in [1.807, 2.05) is 0 Å². The van der Waals surface area contributed by atoms with E-state index in [0.29, 0.717) is 18.5 Å². The molecule has 0 amide bonds. The minimum Gasteiger partial charge on any atom is -0.480 e. The molecule has 0 bridgehead atoms. The second-order valence-electron chi connectivity index (χ2n) is 6.11. The number of nitrogens with zero attached hydrogens (tertiary/aromatic N) is 1. The van der Waals surface area contributed by atoms with E-state index in [-0.39, 0.29) is 5.82 Å². The van der Waals surface area contributed by atoms with E-state index < -0.39 is 12.0 Å². The van der Waals surface area contributed by atoms with Gasteiger partial charge in [-0.25, -0.2) is 4.39 Å². The average Bonchev–Trinajstić information content (AvgIpc) is 2.82. The van der Waals surface area contributed by atoms with Crippen LogP contribution in [0.3, 0.4) is 0 Å². The van der Waals surface area contributed by atoms with E-state index in [4.69, 9.17) is 0 Å². The van der Waals surface area contributed by atoms with Gasteiger partial charge in [-0.3, -0.25) is 9.69 Å². The highest BCUT2D eigenvalue weighted by molar-refractivity contribution is 9.10. The number of benzene rings is 1. The molecule has 0 aromatic heterocycles. The monoisotopic (exact) mass is 355 g/mol. The van der Waals surface area contributed by atoms with Crippen molar-refractivity contribution in [2.75, 3.05) is 0 Å². The maximum Gasteiger partial charge on any atom is 0.320 e. The summed E-state index contributed by atoms with van der Waals surface area (Å²) in [6, 6.07) is 4.49. The molecule has 0 radical (unpaired) electrons. The van der Waals surface area contributed by atoms with E-state index in [1.165, 1.54) is 18.6 Å². The highest BCUT2D eigenvalue weighted by Gasteiger charge is 2.45. The van der Waals surface area contributed by atoms with E-state index in [1.54, 1.807) is 6.07 Å². The first-order valence-electron chi connectivity index (χ1n) is 7.48. The van der Waals surface area contributed by atoms with Crippen molar-refractivity contribution >= 4 is 21.9 Å². The number of carboxylic acids is 1. The summed E-state index contributed by atoms with van der Waals surface area (Å²) in [5, 5.41) is 9.51. The quantitative estimate of drug-likeness (QED) is 0.896. The van der Waals surface area contributed by atoms with Gasteiger partial charge in [-0.15, -0.1) is 0 Å². The lowest BCUT2D eigenvalue weighted by atomic mass is 9.84. The molecule has 1 aliphatic heterocycles. The van der Waals surface area contributed by atoms with Crippen molar-refractivity contribution in [3.05, 3.63) is 34.1 Å². The Morgan fingerprint density at radius 3 is 2.90 bits per heavy atom. The first-order valence-corrected chi connectivity index (χ1v) is 8.28. The summed E-state index contributed by atoms with van der Waals surface area (Å²) in [7, 11) is 0. The van der Waals surface area contributed by atoms with Gasteiger partial charge in [0.15, 0.2) is 0 Å². The second kappa shape index (κ2) is 6.05. The van der Waals surface area contributed by atoms with Crippen LogP contribution < -0.4 is 0 Å². The van der Waals surface area contributed by atoms with E-state index >= 15 is 0 Å². The molecule has 1 aromatic carbocycles. The molecule has 114 valence electrons. The zero-order chi connectivity index (χ0) is 15.0. The number of hydrogen-bond acceptors (Lipinski definition) is 2. The van der Waals surface area contributed by atoms with Gasteiger partial charge in [0.1, 0.15) is 11.9 Å². The van der Waals surface area contributed by atoms with Crippen molar-refractivity contribution in [1.82, 2.24) is 4.90 Å². The Bertz CT molecular complexity index is 551. The molecule has 21 heavy (non-hydrogen) atoms. The van der Waals surface area contributed by atoms with Gasteiger partial charge in [-0.05, 0) is 48.9 Å². The molecule has 3 rings (SSSR count). The van der Waals surface area contributed by atoms with Crippen LogP contribution in [-0.4, -0.2) is 28.1 Å². The third-order valence-corrected chi connectivity index (χ3v) is 5.64. The molecule has 1 saturated heterocycles. The average molecular weight is 356 g/mol. The summed E-state index contributed by atoms with van der Waals surface area (Å²) >= 11 is 3.44. The third-order valence-electron chi connectivity index (χ3n) is 4.87. The van der Waals surface area contributed by atoms with E-state index in [2.05, 4.69) is 20.8 Å². The van der Waals surface area contributed by atoms with Gasteiger partial charge < -0.3 is 5.11 Å². The SMILES string of the molecule is O=C(O)[C@@H]1C[C@H]2CCCC[C@H]2N1Cc1cc(F)ccc1Br. The van der Waals surface area contributed by atoms with Gasteiger partial charge in [-0.1, -0.05) is 28.8 Å². The molecule has 1 saturated carbocycles. The molecule has 3 nitrogen and oxygen atoms in total. The van der Waals surface area contributed by atoms with Gasteiger partial charge in [0.25, 0.3) is 0 Å². The van der Waals surface area contributed by atoms with Crippen molar-refractivity contribution < 1.29 is 14.3 Å². The first-order chi connectivity index (χ1) is 10.1. The van der Waals surface area contributed by atoms with Gasteiger partial charge in [-0.2, -0.15) is 0 Å². The van der Waals surface area contributed by atoms with Gasteiger partial charge in [0, 0.05) is 17.1 Å². The molecule has 1 aromatic rings. The molecule has 1 heterocycles. The van der Waals surface area contributed by atoms with Crippen LogP contribution in [0.25, 0.3) is 0 Å². The summed E-state index contributed by atoms with van der Waals surface area (Å²) in [5.74, 6) is -0.552. The molecular formula is C16H19BrFNO2. The largest absolute Gasteiger partial charge is 0.480 e. The van der Waals surface area contributed by atoms with Crippen LogP contribution in [0.1, 0.15) is 37.7 Å². The molecule has 3 atom stereocenters. The van der Waals surface area contributed by atoms with Gasteiger partial charge >= 0.3 is 5.97 Å². The summed E-state index contributed by atoms with van der Waals surface area (Å²) in [6.07, 6.45) is 5.27. The zero-order valence-electron chi connectivity index (χ0n) is 11.8. The number of carboxylic acid groups (broad SMARTS) is 1. The lowest BCUT2D eigenvalue weighted by Gasteiger charge is -2.33. The van der Waals surface area contributed by atoms with E-state index in [0.717, 1.165) is 35.7 Å². The molecular weight excluding hydrogens is 337 g/mol. The third kappa shape index (κ3) is 2.99. The summed E-state index contributed by atoms with van der Waals surface area (Å²) in [4.78, 5) is 13.6. The zero-order valence-corrected chi connectivity index (χ0v) is 13.4. The molecule has 5 heteroatoms. The Balaban J connectivity index is 1.86. The smallest absolute Gasteiger partial charge is 0.320 e. The molecule has 2 aliphatic rings. The standard InChI is InChI=1S/C16H19BrFNO2/c17-13-6-5-12(18)7-11(13)9-19-14-4-2-1-3-10(14)8-15(19)16(20)21/h5-7,10,14-15H,1-4,8-9H2,(H,20,21)/t10-,14-,15+/m1/s1.